The smallest absolute Gasteiger partial charge is 0.142 e. The highest BCUT2D eigenvalue weighted by Gasteiger charge is 2.02. The van der Waals surface area contributed by atoms with Gasteiger partial charge in [-0.15, -0.1) is 11.6 Å². The summed E-state index contributed by atoms with van der Waals surface area (Å²) in [6, 6.07) is 11.9. The number of hydrogen-bond donors (Lipinski definition) is 0. The Hall–Kier alpha value is -1.69. The molecule has 0 N–H and O–H groups in total. The van der Waals surface area contributed by atoms with Gasteiger partial charge in [0.15, 0.2) is 0 Å². The number of halogens is 3. The van der Waals surface area contributed by atoms with E-state index >= 15 is 0 Å². The van der Waals surface area contributed by atoms with Crippen LogP contribution in [0.4, 0.5) is 4.39 Å². The fourth-order valence-electron chi connectivity index (χ4n) is 1.56. The van der Waals surface area contributed by atoms with Crippen LogP contribution in [0, 0.1) is 17.7 Å². The molecule has 0 amide bonds. The molecule has 4 heteroatoms. The number of hydrogen-bond acceptors (Lipinski definition) is 1. The first-order chi connectivity index (χ1) is 9.69. The summed E-state index contributed by atoms with van der Waals surface area (Å²) in [5.41, 5.74) is 1.27. The van der Waals surface area contributed by atoms with Crippen LogP contribution >= 0.6 is 23.2 Å². The minimum Gasteiger partial charge on any atom is -0.489 e. The lowest BCUT2D eigenvalue weighted by Crippen LogP contribution is -1.96. The highest BCUT2D eigenvalue weighted by molar-refractivity contribution is 6.30. The Bertz CT molecular complexity index is 642. The molecule has 2 aromatic rings. The summed E-state index contributed by atoms with van der Waals surface area (Å²) in [5.74, 6) is 5.46. The van der Waals surface area contributed by atoms with E-state index in [-0.39, 0.29) is 5.88 Å². The van der Waals surface area contributed by atoms with Gasteiger partial charge < -0.3 is 4.74 Å². The molecule has 0 atom stereocenters. The van der Waals surface area contributed by atoms with Gasteiger partial charge in [-0.1, -0.05) is 35.6 Å². The predicted molar refractivity (Wildman–Crippen MR) is 79.8 cm³/mol. The highest BCUT2D eigenvalue weighted by Crippen LogP contribution is 2.18. The van der Waals surface area contributed by atoms with Gasteiger partial charge in [0.25, 0.3) is 0 Å². The maximum Gasteiger partial charge on any atom is 0.142 e. The molecule has 0 aliphatic carbocycles. The molecule has 0 heterocycles. The first-order valence-corrected chi connectivity index (χ1v) is 6.82. The summed E-state index contributed by atoms with van der Waals surface area (Å²) in [4.78, 5) is 0. The molecule has 0 aliphatic rings. The lowest BCUT2D eigenvalue weighted by Gasteiger charge is -2.07. The first kappa shape index (κ1) is 14.7. The molecule has 1 nitrogen and oxygen atoms in total. The summed E-state index contributed by atoms with van der Waals surface area (Å²) < 4.78 is 19.2. The van der Waals surface area contributed by atoms with E-state index in [9.17, 15) is 4.39 Å². The third-order valence-corrected chi connectivity index (χ3v) is 2.93. The van der Waals surface area contributed by atoms with E-state index in [0.29, 0.717) is 22.9 Å². The van der Waals surface area contributed by atoms with Gasteiger partial charge in [-0.05, 0) is 29.8 Å². The molecular weight excluding hydrogens is 298 g/mol. The second kappa shape index (κ2) is 7.19. The maximum atomic E-state index is 13.7. The average molecular weight is 309 g/mol. The quantitative estimate of drug-likeness (QED) is 0.592. The highest BCUT2D eigenvalue weighted by atomic mass is 35.5. The predicted octanol–water partition coefficient (Wildman–Crippen LogP) is 4.65. The van der Waals surface area contributed by atoms with Crippen molar-refractivity contribution in [3.05, 3.63) is 64.4 Å². The van der Waals surface area contributed by atoms with Gasteiger partial charge in [-0.3, -0.25) is 0 Å². The molecule has 20 heavy (non-hydrogen) atoms. The molecule has 0 spiro atoms. The van der Waals surface area contributed by atoms with Gasteiger partial charge in [0.05, 0.1) is 11.4 Å². The molecule has 0 bridgehead atoms. The molecule has 2 rings (SSSR count). The van der Waals surface area contributed by atoms with Crippen molar-refractivity contribution in [3.63, 3.8) is 0 Å². The van der Waals surface area contributed by atoms with Crippen molar-refractivity contribution in [1.29, 1.82) is 0 Å². The van der Waals surface area contributed by atoms with Gasteiger partial charge >= 0.3 is 0 Å². The second-order valence-electron chi connectivity index (χ2n) is 3.99. The lowest BCUT2D eigenvalue weighted by molar-refractivity contribution is 0.304. The Kier molecular flexibility index (Phi) is 5.29. The van der Waals surface area contributed by atoms with Crippen LogP contribution < -0.4 is 4.74 Å². The summed E-state index contributed by atoms with van der Waals surface area (Å²) in [5, 5.41) is 0.669. The van der Waals surface area contributed by atoms with Crippen molar-refractivity contribution in [2.24, 2.45) is 0 Å². The summed E-state index contributed by atoms with van der Waals surface area (Å²) >= 11 is 11.2. The molecule has 102 valence electrons. The number of benzene rings is 2. The number of rotatable bonds is 3. The zero-order chi connectivity index (χ0) is 14.4. The van der Waals surface area contributed by atoms with E-state index < -0.39 is 5.82 Å². The van der Waals surface area contributed by atoms with Crippen LogP contribution in [0.5, 0.6) is 5.75 Å². The van der Waals surface area contributed by atoms with Crippen molar-refractivity contribution < 1.29 is 9.13 Å². The standard InChI is InChI=1S/C16H11Cl2FO/c17-9-1-2-13-5-8-15(10-16(13)19)20-11-12-3-6-14(18)7-4-12/h3-8,10H,9,11H2. The van der Waals surface area contributed by atoms with Gasteiger partial charge in [-0.25, -0.2) is 4.39 Å². The van der Waals surface area contributed by atoms with E-state index in [1.807, 2.05) is 12.1 Å². The number of alkyl halides is 1. The summed E-state index contributed by atoms with van der Waals surface area (Å²) in [6.07, 6.45) is 0. The van der Waals surface area contributed by atoms with Crippen molar-refractivity contribution in [1.82, 2.24) is 0 Å². The van der Waals surface area contributed by atoms with Crippen LogP contribution in [-0.2, 0) is 6.61 Å². The fourth-order valence-corrected chi connectivity index (χ4v) is 1.76. The Morgan fingerprint density at radius 2 is 1.85 bits per heavy atom. The Morgan fingerprint density at radius 3 is 2.50 bits per heavy atom. The van der Waals surface area contributed by atoms with Crippen molar-refractivity contribution >= 4 is 23.2 Å². The molecule has 0 radical (unpaired) electrons. The van der Waals surface area contributed by atoms with E-state index in [0.717, 1.165) is 5.56 Å². The van der Waals surface area contributed by atoms with Crippen LogP contribution in [-0.4, -0.2) is 5.88 Å². The molecule has 0 unspecified atom stereocenters. The topological polar surface area (TPSA) is 9.23 Å². The van der Waals surface area contributed by atoms with Crippen LogP contribution in [0.3, 0.4) is 0 Å². The normalized spacial score (nSPS) is 9.75. The molecule has 0 aromatic heterocycles. The molecule has 0 saturated heterocycles. The number of ether oxygens (including phenoxy) is 1. The largest absolute Gasteiger partial charge is 0.489 e. The van der Waals surface area contributed by atoms with Gasteiger partial charge in [0.1, 0.15) is 18.2 Å². The summed E-state index contributed by atoms with van der Waals surface area (Å²) in [6.45, 7) is 0.351. The SMILES string of the molecule is Fc1cc(OCc2ccc(Cl)cc2)ccc1C#CCCl. The average Bonchev–Trinajstić information content (AvgIpc) is 2.46. The second-order valence-corrected chi connectivity index (χ2v) is 4.70. The fraction of sp³-hybridized carbons (Fsp3) is 0.125. The van der Waals surface area contributed by atoms with Crippen LogP contribution in [0.25, 0.3) is 0 Å². The van der Waals surface area contributed by atoms with Crippen molar-refractivity contribution in [3.8, 4) is 17.6 Å². The van der Waals surface area contributed by atoms with E-state index in [1.165, 1.54) is 6.07 Å². The zero-order valence-corrected chi connectivity index (χ0v) is 12.0. The Balaban J connectivity index is 2.03. The molecular formula is C16H11Cl2FO. The van der Waals surface area contributed by atoms with E-state index in [4.69, 9.17) is 27.9 Å². The lowest BCUT2D eigenvalue weighted by atomic mass is 10.2. The third kappa shape index (κ3) is 4.16. The van der Waals surface area contributed by atoms with Crippen LogP contribution in [0.2, 0.25) is 5.02 Å². The minimum absolute atomic E-state index is 0.175. The Morgan fingerprint density at radius 1 is 1.10 bits per heavy atom. The molecule has 0 saturated carbocycles. The molecule has 0 aliphatic heterocycles. The first-order valence-electron chi connectivity index (χ1n) is 5.90. The zero-order valence-electron chi connectivity index (χ0n) is 10.5. The Labute approximate surface area is 127 Å². The summed E-state index contributed by atoms with van der Waals surface area (Å²) in [7, 11) is 0. The van der Waals surface area contributed by atoms with Crippen molar-refractivity contribution in [2.75, 3.05) is 5.88 Å². The van der Waals surface area contributed by atoms with Crippen LogP contribution in [0.15, 0.2) is 42.5 Å². The van der Waals surface area contributed by atoms with E-state index in [1.54, 1.807) is 24.3 Å². The monoisotopic (exact) mass is 308 g/mol. The van der Waals surface area contributed by atoms with Crippen LogP contribution in [0.1, 0.15) is 11.1 Å². The minimum atomic E-state index is -0.420. The molecule has 0 fully saturated rings. The van der Waals surface area contributed by atoms with Gasteiger partial charge in [0, 0.05) is 11.1 Å². The maximum absolute atomic E-state index is 13.7. The third-order valence-electron chi connectivity index (χ3n) is 2.55. The van der Waals surface area contributed by atoms with Gasteiger partial charge in [0.2, 0.25) is 0 Å². The van der Waals surface area contributed by atoms with Crippen molar-refractivity contribution in [2.45, 2.75) is 6.61 Å². The van der Waals surface area contributed by atoms with Gasteiger partial charge in [-0.2, -0.15) is 0 Å². The van der Waals surface area contributed by atoms with E-state index in [2.05, 4.69) is 11.8 Å². The molecule has 2 aromatic carbocycles.